The summed E-state index contributed by atoms with van der Waals surface area (Å²) in [5, 5.41) is 3.12. The van der Waals surface area contributed by atoms with Gasteiger partial charge in [-0.05, 0) is 43.2 Å². The van der Waals surface area contributed by atoms with Crippen LogP contribution >= 0.6 is 15.9 Å². The molecule has 0 saturated carbocycles. The Morgan fingerprint density at radius 2 is 1.51 bits per heavy atom. The van der Waals surface area contributed by atoms with Gasteiger partial charge in [0.1, 0.15) is 25.4 Å². The number of nitrogens with one attached hydrogen (secondary N) is 1. The maximum atomic E-state index is 11.1. The number of carbonyl (C=O) groups excluding carboxylic acids is 4. The molecule has 2 saturated heterocycles. The zero-order chi connectivity index (χ0) is 28.5. The molecule has 2 aromatic rings. The molecular weight excluding hydrogens is 572 g/mol. The second kappa shape index (κ2) is 18.2. The number of rotatable bonds is 9. The van der Waals surface area contributed by atoms with Crippen LogP contribution in [0.15, 0.2) is 40.9 Å². The number of aryl methyl sites for hydroxylation is 2. The van der Waals surface area contributed by atoms with Gasteiger partial charge in [0.2, 0.25) is 0 Å². The van der Waals surface area contributed by atoms with Gasteiger partial charge in [0.25, 0.3) is 12.9 Å². The van der Waals surface area contributed by atoms with Crippen LogP contribution in [0.2, 0.25) is 0 Å². The summed E-state index contributed by atoms with van der Waals surface area (Å²) in [6, 6.07) is 11.4. The molecule has 39 heavy (non-hydrogen) atoms. The van der Waals surface area contributed by atoms with Gasteiger partial charge in [-0.15, -0.1) is 0 Å². The number of halogens is 1. The highest BCUT2D eigenvalue weighted by atomic mass is 79.9. The van der Waals surface area contributed by atoms with Crippen LogP contribution in [0.5, 0.6) is 0 Å². The van der Waals surface area contributed by atoms with Gasteiger partial charge < -0.3 is 29.2 Å². The third-order valence-corrected chi connectivity index (χ3v) is 6.47. The first-order valence-corrected chi connectivity index (χ1v) is 13.3. The van der Waals surface area contributed by atoms with Crippen LogP contribution < -0.4 is 10.2 Å². The second-order valence-electron chi connectivity index (χ2n) is 8.82. The largest absolute Gasteiger partial charge is 0.465 e. The molecule has 2 aromatic carbocycles. The maximum absolute atomic E-state index is 11.1. The Hall–Kier alpha value is -3.12. The van der Waals surface area contributed by atoms with Crippen LogP contribution in [-0.4, -0.2) is 90.3 Å². The summed E-state index contributed by atoms with van der Waals surface area (Å²) < 4.78 is 20.9. The summed E-state index contributed by atoms with van der Waals surface area (Å²) in [4.78, 5) is 43.5. The van der Waals surface area contributed by atoms with E-state index in [1.165, 1.54) is 0 Å². The molecule has 2 fully saturated rings. The van der Waals surface area contributed by atoms with E-state index in [9.17, 15) is 19.2 Å². The third-order valence-electron chi connectivity index (χ3n) is 5.78. The maximum Gasteiger partial charge on any atom is 0.293 e. The monoisotopic (exact) mass is 606 g/mol. The van der Waals surface area contributed by atoms with Crippen molar-refractivity contribution in [2.45, 2.75) is 26.1 Å². The summed E-state index contributed by atoms with van der Waals surface area (Å²) in [5.41, 5.74) is 4.54. The molecule has 0 bridgehead atoms. The fourth-order valence-electron chi connectivity index (χ4n) is 3.81. The molecule has 11 heteroatoms. The van der Waals surface area contributed by atoms with E-state index in [0.717, 1.165) is 53.5 Å². The first kappa shape index (κ1) is 32.1. The molecular formula is C28H35BrN2O8. The van der Waals surface area contributed by atoms with Crippen LogP contribution in [0.1, 0.15) is 31.8 Å². The molecule has 2 heterocycles. The minimum atomic E-state index is -0.154. The van der Waals surface area contributed by atoms with Crippen molar-refractivity contribution in [2.24, 2.45) is 0 Å². The lowest BCUT2D eigenvalue weighted by Crippen LogP contribution is -2.44. The molecule has 2 unspecified atom stereocenters. The minimum absolute atomic E-state index is 0.0407. The predicted molar refractivity (Wildman–Crippen MR) is 149 cm³/mol. The van der Waals surface area contributed by atoms with Crippen molar-refractivity contribution in [2.75, 3.05) is 57.5 Å². The van der Waals surface area contributed by atoms with Gasteiger partial charge >= 0.3 is 0 Å². The third kappa shape index (κ3) is 11.7. The standard InChI is InChI=1S/C14H17NO4.C8H7BrO.C6H11NO3/c1-11-2-3-12(8-16)14(6-11)15-4-5-19-13(7-15)9-18-10-17;1-6-2-3-7(5-10)8(9)4-6;8-5-9-4-6-3-7-1-2-10-6/h2-3,6,8,10,13H,4-5,7,9H2,1H3;2-5H,1H3;5-7H,1-4H2. The normalized spacial score (nSPS) is 18.3. The fourth-order valence-corrected chi connectivity index (χ4v) is 4.40. The van der Waals surface area contributed by atoms with E-state index < -0.39 is 0 Å². The Morgan fingerprint density at radius 3 is 2.10 bits per heavy atom. The molecule has 1 N–H and O–H groups in total. The van der Waals surface area contributed by atoms with Crippen LogP contribution in [0.25, 0.3) is 0 Å². The summed E-state index contributed by atoms with van der Waals surface area (Å²) >= 11 is 3.28. The summed E-state index contributed by atoms with van der Waals surface area (Å²) in [5.74, 6) is 0. The van der Waals surface area contributed by atoms with E-state index in [-0.39, 0.29) is 18.8 Å². The van der Waals surface area contributed by atoms with Crippen molar-refractivity contribution < 1.29 is 38.1 Å². The molecule has 4 rings (SSSR count). The van der Waals surface area contributed by atoms with Crippen molar-refractivity contribution in [3.63, 3.8) is 0 Å². The Bertz CT molecular complexity index is 1060. The van der Waals surface area contributed by atoms with Crippen molar-refractivity contribution in [3.05, 3.63) is 63.1 Å². The number of anilines is 1. The summed E-state index contributed by atoms with van der Waals surface area (Å²) in [7, 11) is 0. The molecule has 10 nitrogen and oxygen atoms in total. The Morgan fingerprint density at radius 1 is 0.897 bits per heavy atom. The van der Waals surface area contributed by atoms with E-state index in [4.69, 9.17) is 14.2 Å². The number of benzene rings is 2. The molecule has 0 aromatic heterocycles. The Balaban J connectivity index is 0.000000225. The van der Waals surface area contributed by atoms with Gasteiger partial charge in [0.15, 0.2) is 12.6 Å². The van der Waals surface area contributed by atoms with E-state index >= 15 is 0 Å². The smallest absolute Gasteiger partial charge is 0.293 e. The van der Waals surface area contributed by atoms with Crippen LogP contribution in [0, 0.1) is 13.8 Å². The summed E-state index contributed by atoms with van der Waals surface area (Å²) in [6.07, 6.45) is 1.59. The number of aldehydes is 2. The molecule has 0 amide bonds. The summed E-state index contributed by atoms with van der Waals surface area (Å²) in [6.45, 7) is 9.69. The lowest BCUT2D eigenvalue weighted by molar-refractivity contribution is -0.134. The number of morpholine rings is 2. The Labute approximate surface area is 237 Å². The van der Waals surface area contributed by atoms with Crippen molar-refractivity contribution in [3.8, 4) is 0 Å². The predicted octanol–water partition coefficient (Wildman–Crippen LogP) is 2.90. The van der Waals surface area contributed by atoms with Gasteiger partial charge in [-0.2, -0.15) is 0 Å². The topological polar surface area (TPSA) is 120 Å². The zero-order valence-electron chi connectivity index (χ0n) is 22.2. The fraction of sp³-hybridized carbons (Fsp3) is 0.429. The molecule has 0 radical (unpaired) electrons. The van der Waals surface area contributed by atoms with Crippen molar-refractivity contribution >= 4 is 47.1 Å². The highest BCUT2D eigenvalue weighted by molar-refractivity contribution is 9.10. The average Bonchev–Trinajstić information content (AvgIpc) is 2.96. The van der Waals surface area contributed by atoms with E-state index in [0.29, 0.717) is 50.4 Å². The number of carbonyl (C=O) groups is 4. The highest BCUT2D eigenvalue weighted by Gasteiger charge is 2.22. The van der Waals surface area contributed by atoms with Crippen molar-refractivity contribution in [1.82, 2.24) is 5.32 Å². The van der Waals surface area contributed by atoms with E-state index in [1.54, 1.807) is 6.07 Å². The van der Waals surface area contributed by atoms with E-state index in [1.807, 2.05) is 44.2 Å². The van der Waals surface area contributed by atoms with Gasteiger partial charge in [-0.3, -0.25) is 19.2 Å². The van der Waals surface area contributed by atoms with Gasteiger partial charge in [-0.1, -0.05) is 34.1 Å². The molecule has 2 atom stereocenters. The van der Waals surface area contributed by atoms with Crippen LogP contribution in [0.4, 0.5) is 5.69 Å². The second-order valence-corrected chi connectivity index (χ2v) is 9.67. The van der Waals surface area contributed by atoms with E-state index in [2.05, 4.69) is 30.9 Å². The molecule has 2 aliphatic rings. The Kier molecular flexibility index (Phi) is 15.0. The van der Waals surface area contributed by atoms with Gasteiger partial charge in [-0.25, -0.2) is 0 Å². The zero-order valence-corrected chi connectivity index (χ0v) is 23.8. The average molecular weight is 607 g/mol. The number of hydrogen-bond acceptors (Lipinski definition) is 10. The molecule has 0 aliphatic carbocycles. The number of ether oxygens (including phenoxy) is 4. The molecule has 2 aliphatic heterocycles. The minimum Gasteiger partial charge on any atom is -0.465 e. The lowest BCUT2D eigenvalue weighted by Gasteiger charge is -2.34. The first-order valence-electron chi connectivity index (χ1n) is 12.5. The highest BCUT2D eigenvalue weighted by Crippen LogP contribution is 2.23. The lowest BCUT2D eigenvalue weighted by atomic mass is 10.1. The SMILES string of the molecule is Cc1ccc(C=O)c(Br)c1.Cc1ccc(C=O)c(N2CCOC(COC=O)C2)c1.O=COCC1CNCCO1. The quantitative estimate of drug-likeness (QED) is 0.426. The van der Waals surface area contributed by atoms with Gasteiger partial charge in [0, 0.05) is 47.5 Å². The first-order chi connectivity index (χ1) is 18.9. The van der Waals surface area contributed by atoms with Crippen LogP contribution in [0.3, 0.4) is 0 Å². The number of hydrogen-bond donors (Lipinski definition) is 1. The number of nitrogens with zero attached hydrogens (tertiary/aromatic N) is 1. The van der Waals surface area contributed by atoms with Gasteiger partial charge in [0.05, 0.1) is 13.2 Å². The molecule has 0 spiro atoms. The molecule has 212 valence electrons. The van der Waals surface area contributed by atoms with Crippen LogP contribution in [-0.2, 0) is 28.5 Å². The van der Waals surface area contributed by atoms with Crippen molar-refractivity contribution in [1.29, 1.82) is 0 Å².